The Bertz CT molecular complexity index is 425. The molecule has 1 unspecified atom stereocenters. The lowest BCUT2D eigenvalue weighted by Crippen LogP contribution is -2.48. The number of aliphatic hydroxyl groups is 2. The van der Waals surface area contributed by atoms with E-state index in [2.05, 4.69) is 33.9 Å². The number of carboxylic acid groups (broad SMARTS) is 1. The van der Waals surface area contributed by atoms with Gasteiger partial charge in [0.05, 0.1) is 12.2 Å². The van der Waals surface area contributed by atoms with Crippen molar-refractivity contribution in [1.29, 1.82) is 0 Å². The summed E-state index contributed by atoms with van der Waals surface area (Å²) < 4.78 is 6.31. The Morgan fingerprint density at radius 3 is 2.09 bits per heavy atom. The molecular weight excluding hydrogens is 312 g/mol. The lowest BCUT2D eigenvalue weighted by atomic mass is 9.90. The number of aliphatic carboxylic acids is 1. The summed E-state index contributed by atoms with van der Waals surface area (Å²) in [5, 5.41) is 29.5. The summed E-state index contributed by atoms with van der Waals surface area (Å²) in [5.41, 5.74) is 0.0179. The molecule has 0 aromatic rings. The summed E-state index contributed by atoms with van der Waals surface area (Å²) >= 11 is 0. The molecule has 0 radical (unpaired) electrons. The Balaban J connectivity index is 5.13. The molecule has 0 rings (SSSR count). The predicted octanol–water partition coefficient (Wildman–Crippen LogP) is 3.18. The van der Waals surface area contributed by atoms with Gasteiger partial charge in [0.15, 0.2) is 8.32 Å². The summed E-state index contributed by atoms with van der Waals surface area (Å²) in [6, 6.07) is 0. The highest BCUT2D eigenvalue weighted by molar-refractivity contribution is 6.74. The van der Waals surface area contributed by atoms with Crippen molar-refractivity contribution in [3.8, 4) is 0 Å². The second-order valence-corrected chi connectivity index (χ2v) is 12.5. The molecule has 0 aliphatic heterocycles. The molecule has 0 saturated heterocycles. The normalized spacial score (nSPS) is 19.1. The topological polar surface area (TPSA) is 87.0 Å². The fourth-order valence-electron chi connectivity index (χ4n) is 2.26. The quantitative estimate of drug-likeness (QED) is 0.464. The zero-order chi connectivity index (χ0) is 18.6. The second kappa shape index (κ2) is 8.42. The molecule has 0 fully saturated rings. The number of carboxylic acids is 1. The van der Waals surface area contributed by atoms with Crippen LogP contribution < -0.4 is 0 Å². The molecule has 0 aromatic carbocycles. The van der Waals surface area contributed by atoms with Gasteiger partial charge in [0, 0.05) is 17.6 Å². The first-order valence-electron chi connectivity index (χ1n) is 8.20. The SMILES string of the molecule is CCC([C@@H](O)[C@H](O)C=C(C)C(=O)O)[C@@H](C)O[Si](C)(C)C(C)(C)C. The van der Waals surface area contributed by atoms with E-state index in [1.54, 1.807) is 0 Å². The molecule has 0 amide bonds. The Morgan fingerprint density at radius 2 is 1.74 bits per heavy atom. The highest BCUT2D eigenvalue weighted by atomic mass is 28.4. The van der Waals surface area contributed by atoms with Crippen molar-refractivity contribution in [3.05, 3.63) is 11.6 Å². The molecule has 23 heavy (non-hydrogen) atoms. The lowest BCUT2D eigenvalue weighted by Gasteiger charge is -2.41. The first kappa shape index (κ1) is 22.3. The van der Waals surface area contributed by atoms with Crippen LogP contribution in [0.4, 0.5) is 0 Å². The summed E-state index contributed by atoms with van der Waals surface area (Å²) in [7, 11) is -1.98. The maximum absolute atomic E-state index is 10.8. The average molecular weight is 347 g/mol. The fourth-order valence-corrected chi connectivity index (χ4v) is 3.72. The molecule has 5 nitrogen and oxygen atoms in total. The van der Waals surface area contributed by atoms with Crippen LogP contribution in [-0.2, 0) is 9.22 Å². The number of carbonyl (C=O) groups is 1. The fraction of sp³-hybridized carbons (Fsp3) is 0.824. The van der Waals surface area contributed by atoms with Crippen molar-refractivity contribution in [1.82, 2.24) is 0 Å². The van der Waals surface area contributed by atoms with Crippen LogP contribution in [0.25, 0.3) is 0 Å². The molecule has 0 spiro atoms. The van der Waals surface area contributed by atoms with Crippen LogP contribution in [-0.4, -0.2) is 47.9 Å². The van der Waals surface area contributed by atoms with E-state index in [4.69, 9.17) is 9.53 Å². The van der Waals surface area contributed by atoms with Gasteiger partial charge >= 0.3 is 5.97 Å². The van der Waals surface area contributed by atoms with Crippen LogP contribution in [0.2, 0.25) is 18.1 Å². The Kier molecular flexibility index (Phi) is 8.16. The van der Waals surface area contributed by atoms with Crippen molar-refractivity contribution in [2.75, 3.05) is 0 Å². The zero-order valence-electron chi connectivity index (χ0n) is 15.8. The van der Waals surface area contributed by atoms with Crippen LogP contribution in [0.3, 0.4) is 0 Å². The molecule has 136 valence electrons. The molecule has 3 N–H and O–H groups in total. The maximum Gasteiger partial charge on any atom is 0.331 e. The molecule has 0 aromatic heterocycles. The lowest BCUT2D eigenvalue weighted by molar-refractivity contribution is -0.132. The molecule has 6 heteroatoms. The molecule has 0 aliphatic carbocycles. The minimum Gasteiger partial charge on any atom is -0.478 e. The molecule has 0 bridgehead atoms. The van der Waals surface area contributed by atoms with Gasteiger partial charge in [-0.15, -0.1) is 0 Å². The van der Waals surface area contributed by atoms with E-state index in [0.717, 1.165) is 0 Å². The van der Waals surface area contributed by atoms with Gasteiger partial charge in [0.2, 0.25) is 0 Å². The van der Waals surface area contributed by atoms with Gasteiger partial charge in [-0.25, -0.2) is 4.79 Å². The molecule has 0 aliphatic rings. The number of hydrogen-bond acceptors (Lipinski definition) is 4. The maximum atomic E-state index is 10.8. The van der Waals surface area contributed by atoms with E-state index in [9.17, 15) is 15.0 Å². The zero-order valence-corrected chi connectivity index (χ0v) is 16.8. The Morgan fingerprint density at radius 1 is 1.26 bits per heavy atom. The monoisotopic (exact) mass is 346 g/mol. The predicted molar refractivity (Wildman–Crippen MR) is 94.9 cm³/mol. The average Bonchev–Trinajstić information content (AvgIpc) is 2.36. The number of rotatable bonds is 8. The number of hydrogen-bond donors (Lipinski definition) is 3. The Labute approximate surface area is 141 Å². The largest absolute Gasteiger partial charge is 0.478 e. The summed E-state index contributed by atoms with van der Waals surface area (Å²) in [6.07, 6.45) is -0.678. The van der Waals surface area contributed by atoms with E-state index in [1.165, 1.54) is 13.0 Å². The third-order valence-corrected chi connectivity index (χ3v) is 9.48. The van der Waals surface area contributed by atoms with Crippen LogP contribution in [0.5, 0.6) is 0 Å². The van der Waals surface area contributed by atoms with E-state index in [1.807, 2.05) is 13.8 Å². The summed E-state index contributed by atoms with van der Waals surface area (Å²) in [6.45, 7) is 16.0. The molecular formula is C17H34O5Si. The van der Waals surface area contributed by atoms with Crippen LogP contribution >= 0.6 is 0 Å². The van der Waals surface area contributed by atoms with Crippen molar-refractivity contribution < 1.29 is 24.5 Å². The van der Waals surface area contributed by atoms with Gasteiger partial charge in [-0.3, -0.25) is 0 Å². The summed E-state index contributed by atoms with van der Waals surface area (Å²) in [5.74, 6) is -1.37. The third-order valence-electron chi connectivity index (χ3n) is 4.91. The first-order chi connectivity index (χ1) is 10.2. The van der Waals surface area contributed by atoms with Gasteiger partial charge in [-0.05, 0) is 44.5 Å². The highest BCUT2D eigenvalue weighted by Crippen LogP contribution is 2.38. The Hall–Kier alpha value is -0.693. The van der Waals surface area contributed by atoms with Crippen molar-refractivity contribution in [2.45, 2.75) is 84.4 Å². The second-order valence-electron chi connectivity index (χ2n) is 7.79. The van der Waals surface area contributed by atoms with E-state index >= 15 is 0 Å². The third kappa shape index (κ3) is 6.37. The summed E-state index contributed by atoms with van der Waals surface area (Å²) in [4.78, 5) is 10.8. The minimum atomic E-state index is -1.98. The number of aliphatic hydroxyl groups excluding tert-OH is 2. The molecule has 0 heterocycles. The van der Waals surface area contributed by atoms with Gasteiger partial charge < -0.3 is 19.7 Å². The van der Waals surface area contributed by atoms with Gasteiger partial charge in [0.25, 0.3) is 0 Å². The van der Waals surface area contributed by atoms with E-state index in [0.29, 0.717) is 6.42 Å². The van der Waals surface area contributed by atoms with E-state index < -0.39 is 26.5 Å². The van der Waals surface area contributed by atoms with Gasteiger partial charge in [-0.1, -0.05) is 27.7 Å². The standard InChI is InChI=1S/C17H34O5Si/c1-9-13(12(3)22-23(7,8)17(4,5)6)15(19)14(18)10-11(2)16(20)21/h10,12-15,18-19H,9H2,1-8H3,(H,20,21)/t12-,13?,14-,15-/m1/s1. The van der Waals surface area contributed by atoms with Crippen molar-refractivity contribution in [2.24, 2.45) is 5.92 Å². The molecule has 0 saturated carbocycles. The smallest absolute Gasteiger partial charge is 0.331 e. The van der Waals surface area contributed by atoms with E-state index in [-0.39, 0.29) is 22.6 Å². The minimum absolute atomic E-state index is 0.0179. The van der Waals surface area contributed by atoms with Crippen molar-refractivity contribution >= 4 is 14.3 Å². The first-order valence-corrected chi connectivity index (χ1v) is 11.1. The van der Waals surface area contributed by atoms with Gasteiger partial charge in [0.1, 0.15) is 0 Å². The van der Waals surface area contributed by atoms with Crippen molar-refractivity contribution in [3.63, 3.8) is 0 Å². The molecule has 4 atom stereocenters. The van der Waals surface area contributed by atoms with Crippen LogP contribution in [0.15, 0.2) is 11.6 Å². The highest BCUT2D eigenvalue weighted by Gasteiger charge is 2.41. The van der Waals surface area contributed by atoms with Crippen LogP contribution in [0, 0.1) is 5.92 Å². The van der Waals surface area contributed by atoms with Gasteiger partial charge in [-0.2, -0.15) is 0 Å². The van der Waals surface area contributed by atoms with Crippen LogP contribution in [0.1, 0.15) is 48.0 Å².